The molecule has 0 saturated carbocycles. The van der Waals surface area contributed by atoms with Crippen LogP contribution in [-0.4, -0.2) is 50.0 Å². The van der Waals surface area contributed by atoms with Gasteiger partial charge in [0.1, 0.15) is 0 Å². The third kappa shape index (κ3) is 1.45. The van der Waals surface area contributed by atoms with Gasteiger partial charge in [0.25, 0.3) is 0 Å². The van der Waals surface area contributed by atoms with Crippen LogP contribution in [0.25, 0.3) is 0 Å². The van der Waals surface area contributed by atoms with Crippen molar-refractivity contribution in [1.82, 2.24) is 9.21 Å². The molecule has 11 heavy (non-hydrogen) atoms. The predicted octanol–water partition coefficient (Wildman–Crippen LogP) is -0.687. The van der Waals surface area contributed by atoms with E-state index in [1.54, 1.807) is 7.05 Å². The summed E-state index contributed by atoms with van der Waals surface area (Å²) in [6, 6.07) is -0.437. The van der Waals surface area contributed by atoms with Crippen molar-refractivity contribution in [3.63, 3.8) is 0 Å². The van der Waals surface area contributed by atoms with Crippen molar-refractivity contribution < 1.29 is 13.2 Å². The summed E-state index contributed by atoms with van der Waals surface area (Å²) in [5.74, 6) is 0. The van der Waals surface area contributed by atoms with E-state index >= 15 is 0 Å². The number of amides is 2. The van der Waals surface area contributed by atoms with E-state index in [4.69, 9.17) is 0 Å². The minimum Gasteiger partial charge on any atom is -0.325 e. The van der Waals surface area contributed by atoms with Gasteiger partial charge in [-0.1, -0.05) is 0 Å². The zero-order valence-electron chi connectivity index (χ0n) is 6.44. The van der Waals surface area contributed by atoms with Crippen LogP contribution in [0.5, 0.6) is 0 Å². The molecule has 6 heteroatoms. The van der Waals surface area contributed by atoms with Gasteiger partial charge in [0.2, 0.25) is 10.0 Å². The smallest absolute Gasteiger partial charge is 0.325 e. The fourth-order valence-electron chi connectivity index (χ4n) is 0.930. The lowest BCUT2D eigenvalue weighted by Gasteiger charge is -2.12. The van der Waals surface area contributed by atoms with Crippen molar-refractivity contribution in [2.75, 3.05) is 26.4 Å². The van der Waals surface area contributed by atoms with Crippen LogP contribution >= 0.6 is 0 Å². The zero-order valence-corrected chi connectivity index (χ0v) is 7.26. The van der Waals surface area contributed by atoms with Gasteiger partial charge in [0.15, 0.2) is 0 Å². The van der Waals surface area contributed by atoms with Crippen LogP contribution in [0.1, 0.15) is 0 Å². The lowest BCUT2D eigenvalue weighted by atomic mass is 10.7. The highest BCUT2D eigenvalue weighted by molar-refractivity contribution is 7.88. The molecule has 0 bridgehead atoms. The Hall–Kier alpha value is -0.780. The quantitative estimate of drug-likeness (QED) is 0.534. The molecule has 1 saturated heterocycles. The van der Waals surface area contributed by atoms with Crippen molar-refractivity contribution in [2.24, 2.45) is 0 Å². The Kier molecular flexibility index (Phi) is 1.79. The van der Waals surface area contributed by atoms with Crippen LogP contribution in [-0.2, 0) is 10.0 Å². The molecule has 5 nitrogen and oxygen atoms in total. The van der Waals surface area contributed by atoms with E-state index in [-0.39, 0.29) is 6.54 Å². The molecule has 1 aliphatic heterocycles. The first-order chi connectivity index (χ1) is 4.93. The number of hydrogen-bond acceptors (Lipinski definition) is 3. The molecule has 1 fully saturated rings. The Bertz CT molecular complexity index is 271. The van der Waals surface area contributed by atoms with Crippen LogP contribution in [0.3, 0.4) is 0 Å². The molecular formula is C5H10N2O3S. The lowest BCUT2D eigenvalue weighted by molar-refractivity contribution is 0.214. The molecule has 0 aliphatic carbocycles. The van der Waals surface area contributed by atoms with E-state index in [1.165, 1.54) is 4.90 Å². The minimum atomic E-state index is -3.34. The summed E-state index contributed by atoms with van der Waals surface area (Å²) in [4.78, 5) is 12.4. The Morgan fingerprint density at radius 2 is 1.91 bits per heavy atom. The van der Waals surface area contributed by atoms with Crippen LogP contribution in [0.2, 0.25) is 0 Å². The minimum absolute atomic E-state index is 0.272. The molecule has 0 radical (unpaired) electrons. The van der Waals surface area contributed by atoms with E-state index in [2.05, 4.69) is 0 Å². The van der Waals surface area contributed by atoms with Crippen LogP contribution < -0.4 is 0 Å². The second-order valence-electron chi connectivity index (χ2n) is 2.54. The van der Waals surface area contributed by atoms with Gasteiger partial charge < -0.3 is 4.90 Å². The van der Waals surface area contributed by atoms with E-state index < -0.39 is 16.1 Å². The topological polar surface area (TPSA) is 57.7 Å². The molecule has 0 atom stereocenters. The van der Waals surface area contributed by atoms with Gasteiger partial charge in [-0.3, -0.25) is 0 Å². The van der Waals surface area contributed by atoms with E-state index in [9.17, 15) is 13.2 Å². The van der Waals surface area contributed by atoms with Crippen molar-refractivity contribution in [1.29, 1.82) is 0 Å². The maximum Gasteiger partial charge on any atom is 0.333 e. The zero-order chi connectivity index (χ0) is 8.65. The maximum absolute atomic E-state index is 11.0. The third-order valence-corrected chi connectivity index (χ3v) is 2.72. The fraction of sp³-hybridized carbons (Fsp3) is 0.800. The molecule has 0 unspecified atom stereocenters. The van der Waals surface area contributed by atoms with E-state index in [0.717, 1.165) is 10.6 Å². The van der Waals surface area contributed by atoms with Crippen molar-refractivity contribution in [3.8, 4) is 0 Å². The van der Waals surface area contributed by atoms with Crippen molar-refractivity contribution in [3.05, 3.63) is 0 Å². The molecule has 1 aliphatic rings. The average Bonchev–Trinajstić information content (AvgIpc) is 2.11. The summed E-state index contributed by atoms with van der Waals surface area (Å²) in [5.41, 5.74) is 0. The number of carbonyl (C=O) groups is 1. The summed E-state index contributed by atoms with van der Waals surface area (Å²) in [7, 11) is -1.77. The van der Waals surface area contributed by atoms with Gasteiger partial charge in [-0.25, -0.2) is 17.5 Å². The Morgan fingerprint density at radius 3 is 2.09 bits per heavy atom. The summed E-state index contributed by atoms with van der Waals surface area (Å²) in [6.07, 6.45) is 1.03. The maximum atomic E-state index is 11.0. The first kappa shape index (κ1) is 8.32. The first-order valence-corrected chi connectivity index (χ1v) is 5.00. The van der Waals surface area contributed by atoms with Crippen LogP contribution in [0.4, 0.5) is 4.79 Å². The molecular weight excluding hydrogens is 168 g/mol. The summed E-state index contributed by atoms with van der Waals surface area (Å²) in [6.45, 7) is 0.750. The molecule has 0 aromatic heterocycles. The van der Waals surface area contributed by atoms with Gasteiger partial charge in [-0.2, -0.15) is 0 Å². The highest BCUT2D eigenvalue weighted by Crippen LogP contribution is 2.09. The fourth-order valence-corrected chi connectivity index (χ4v) is 1.77. The molecule has 0 aromatic rings. The van der Waals surface area contributed by atoms with E-state index in [1.807, 2.05) is 0 Å². The molecule has 64 valence electrons. The summed E-state index contributed by atoms with van der Waals surface area (Å²) >= 11 is 0. The Labute approximate surface area is 65.6 Å². The van der Waals surface area contributed by atoms with Gasteiger partial charge >= 0.3 is 6.03 Å². The van der Waals surface area contributed by atoms with Crippen molar-refractivity contribution in [2.45, 2.75) is 0 Å². The number of nitrogens with zero attached hydrogens (tertiary/aromatic N) is 2. The third-order valence-electron chi connectivity index (χ3n) is 1.58. The molecule has 0 spiro atoms. The number of hydrogen-bond donors (Lipinski definition) is 0. The standard InChI is InChI=1S/C5H10N2O3S/c1-6-3-4-7(5(6)8)11(2,9)10/h3-4H2,1-2H3. The SMILES string of the molecule is CN1CCN(S(C)(=O)=O)C1=O. The predicted molar refractivity (Wildman–Crippen MR) is 39.6 cm³/mol. The van der Waals surface area contributed by atoms with Crippen LogP contribution in [0, 0.1) is 0 Å². The highest BCUT2D eigenvalue weighted by Gasteiger charge is 2.31. The monoisotopic (exact) mass is 178 g/mol. The highest BCUT2D eigenvalue weighted by atomic mass is 32.2. The molecule has 2 amide bonds. The number of carbonyl (C=O) groups excluding carboxylic acids is 1. The lowest BCUT2D eigenvalue weighted by Crippen LogP contribution is -2.33. The van der Waals surface area contributed by atoms with Gasteiger partial charge in [-0.15, -0.1) is 0 Å². The average molecular weight is 178 g/mol. The molecule has 1 rings (SSSR count). The Morgan fingerprint density at radius 1 is 1.36 bits per heavy atom. The van der Waals surface area contributed by atoms with Crippen molar-refractivity contribution >= 4 is 16.1 Å². The number of sulfonamides is 1. The van der Waals surface area contributed by atoms with Gasteiger partial charge in [-0.05, 0) is 0 Å². The first-order valence-electron chi connectivity index (χ1n) is 3.16. The van der Waals surface area contributed by atoms with Gasteiger partial charge in [0.05, 0.1) is 12.8 Å². The molecule has 1 heterocycles. The number of likely N-dealkylation sites (N-methyl/N-ethyl adjacent to an activating group) is 1. The Balaban J connectivity index is 2.87. The molecule has 0 N–H and O–H groups in total. The largest absolute Gasteiger partial charge is 0.333 e. The van der Waals surface area contributed by atoms with Gasteiger partial charge in [0, 0.05) is 13.6 Å². The number of rotatable bonds is 1. The number of urea groups is 1. The second kappa shape index (κ2) is 2.37. The van der Waals surface area contributed by atoms with Crippen LogP contribution in [0.15, 0.2) is 0 Å². The molecule has 0 aromatic carbocycles. The second-order valence-corrected chi connectivity index (χ2v) is 4.45. The van der Waals surface area contributed by atoms with E-state index in [0.29, 0.717) is 6.54 Å². The summed E-state index contributed by atoms with van der Waals surface area (Å²) < 4.78 is 22.6. The normalized spacial score (nSPS) is 19.6. The summed E-state index contributed by atoms with van der Waals surface area (Å²) in [5, 5.41) is 0.